The van der Waals surface area contributed by atoms with E-state index in [-0.39, 0.29) is 5.69 Å². The van der Waals surface area contributed by atoms with Crippen molar-refractivity contribution in [1.29, 1.82) is 0 Å². The second kappa shape index (κ2) is 4.78. The Bertz CT molecular complexity index is 605. The second-order valence-corrected chi connectivity index (χ2v) is 5.36. The van der Waals surface area contributed by atoms with Gasteiger partial charge in [-0.1, -0.05) is 6.07 Å². The summed E-state index contributed by atoms with van der Waals surface area (Å²) in [5.74, 6) is -0.989. The zero-order valence-electron chi connectivity index (χ0n) is 10.4. The molecule has 0 saturated carbocycles. The quantitative estimate of drug-likeness (QED) is 0.888. The maximum Gasteiger partial charge on any atom is 0.355 e. The summed E-state index contributed by atoms with van der Waals surface area (Å²) in [4.78, 5) is 15.7. The summed E-state index contributed by atoms with van der Waals surface area (Å²) < 4.78 is 0. The van der Waals surface area contributed by atoms with Crippen LogP contribution in [0.2, 0.25) is 0 Å². The van der Waals surface area contributed by atoms with Gasteiger partial charge >= 0.3 is 5.97 Å². The van der Waals surface area contributed by atoms with Crippen LogP contribution in [0, 0.1) is 20.8 Å². The van der Waals surface area contributed by atoms with Crippen molar-refractivity contribution in [2.75, 3.05) is 5.32 Å². The molecule has 1 heterocycles. The van der Waals surface area contributed by atoms with Crippen LogP contribution in [0.25, 0.3) is 0 Å². The van der Waals surface area contributed by atoms with E-state index in [9.17, 15) is 4.79 Å². The number of carbonyl (C=O) groups is 1. The van der Waals surface area contributed by atoms with Gasteiger partial charge in [-0.25, -0.2) is 9.78 Å². The minimum absolute atomic E-state index is 0.117. The van der Waals surface area contributed by atoms with Gasteiger partial charge in [-0.2, -0.15) is 0 Å². The van der Waals surface area contributed by atoms with Crippen LogP contribution in [0.1, 0.15) is 26.5 Å². The number of thiazole rings is 1. The van der Waals surface area contributed by atoms with Crippen molar-refractivity contribution in [3.8, 4) is 0 Å². The van der Waals surface area contributed by atoms with Gasteiger partial charge in [0.05, 0.1) is 0 Å². The summed E-state index contributed by atoms with van der Waals surface area (Å²) in [5.41, 5.74) is 3.45. The van der Waals surface area contributed by atoms with Crippen LogP contribution in [0.4, 0.5) is 10.8 Å². The third kappa shape index (κ3) is 2.51. The lowest BCUT2D eigenvalue weighted by atomic mass is 10.1. The van der Waals surface area contributed by atoms with Crippen LogP contribution in [0.5, 0.6) is 0 Å². The Labute approximate surface area is 109 Å². The smallest absolute Gasteiger partial charge is 0.355 e. The lowest BCUT2D eigenvalue weighted by Gasteiger charge is -2.05. The van der Waals surface area contributed by atoms with Crippen LogP contribution in [-0.2, 0) is 0 Å². The number of rotatable bonds is 3. The standard InChI is InChI=1S/C13H14N2O2S/c1-7-4-5-10(6-8(7)2)14-13-15-11(12(16)17)9(3)18-13/h4-6H,1-3H3,(H,14,15)(H,16,17). The van der Waals surface area contributed by atoms with Gasteiger partial charge in [0.1, 0.15) is 0 Å². The Kier molecular flexibility index (Phi) is 3.34. The van der Waals surface area contributed by atoms with E-state index in [2.05, 4.69) is 17.2 Å². The molecule has 5 heteroatoms. The van der Waals surface area contributed by atoms with Crippen molar-refractivity contribution in [2.24, 2.45) is 0 Å². The number of nitrogens with one attached hydrogen (secondary N) is 1. The molecule has 0 unspecified atom stereocenters. The number of nitrogens with zero attached hydrogens (tertiary/aromatic N) is 1. The Morgan fingerprint density at radius 1 is 1.28 bits per heavy atom. The van der Waals surface area contributed by atoms with Crippen LogP contribution in [-0.4, -0.2) is 16.1 Å². The highest BCUT2D eigenvalue weighted by molar-refractivity contribution is 7.15. The first-order valence-corrected chi connectivity index (χ1v) is 6.34. The van der Waals surface area contributed by atoms with Crippen LogP contribution in [0.15, 0.2) is 18.2 Å². The van der Waals surface area contributed by atoms with E-state index in [1.54, 1.807) is 6.92 Å². The molecule has 0 aliphatic carbocycles. The predicted octanol–water partition coefficient (Wildman–Crippen LogP) is 3.51. The first kappa shape index (κ1) is 12.6. The number of carboxylic acids is 1. The summed E-state index contributed by atoms with van der Waals surface area (Å²) in [7, 11) is 0. The van der Waals surface area contributed by atoms with E-state index in [1.165, 1.54) is 22.5 Å². The van der Waals surface area contributed by atoms with Crippen molar-refractivity contribution in [2.45, 2.75) is 20.8 Å². The maximum atomic E-state index is 10.9. The fraction of sp³-hybridized carbons (Fsp3) is 0.231. The molecule has 0 aliphatic rings. The molecule has 0 aliphatic heterocycles. The molecular weight excluding hydrogens is 248 g/mol. The normalized spacial score (nSPS) is 10.4. The van der Waals surface area contributed by atoms with Crippen LogP contribution < -0.4 is 5.32 Å². The number of aryl methyl sites for hydroxylation is 3. The number of carboxylic acid groups (broad SMARTS) is 1. The largest absolute Gasteiger partial charge is 0.476 e. The van der Waals surface area contributed by atoms with Crippen molar-refractivity contribution < 1.29 is 9.90 Å². The molecule has 94 valence electrons. The zero-order valence-corrected chi connectivity index (χ0v) is 11.3. The summed E-state index contributed by atoms with van der Waals surface area (Å²) in [6.07, 6.45) is 0. The molecule has 0 radical (unpaired) electrons. The highest BCUT2D eigenvalue weighted by Crippen LogP contribution is 2.26. The first-order valence-electron chi connectivity index (χ1n) is 5.52. The Morgan fingerprint density at radius 3 is 2.56 bits per heavy atom. The van der Waals surface area contributed by atoms with Gasteiger partial charge in [-0.3, -0.25) is 0 Å². The SMILES string of the molecule is Cc1ccc(Nc2nc(C(=O)O)c(C)s2)cc1C. The number of anilines is 2. The monoisotopic (exact) mass is 262 g/mol. The van der Waals surface area contributed by atoms with Crippen LogP contribution in [0.3, 0.4) is 0 Å². The highest BCUT2D eigenvalue weighted by atomic mass is 32.1. The molecule has 0 saturated heterocycles. The summed E-state index contributed by atoms with van der Waals surface area (Å²) in [6.45, 7) is 5.85. The van der Waals surface area contributed by atoms with Crippen molar-refractivity contribution >= 4 is 28.1 Å². The fourth-order valence-corrected chi connectivity index (χ4v) is 2.42. The number of hydrogen-bond acceptors (Lipinski definition) is 4. The molecule has 2 rings (SSSR count). The number of aromatic carboxylic acids is 1. The predicted molar refractivity (Wildman–Crippen MR) is 73.0 cm³/mol. The molecule has 2 N–H and O–H groups in total. The molecule has 0 spiro atoms. The molecule has 0 atom stereocenters. The number of hydrogen-bond donors (Lipinski definition) is 2. The average Bonchev–Trinajstić information content (AvgIpc) is 2.65. The van der Waals surface area contributed by atoms with E-state index in [4.69, 9.17) is 5.11 Å². The second-order valence-electron chi connectivity index (χ2n) is 4.15. The summed E-state index contributed by atoms with van der Waals surface area (Å²) in [5, 5.41) is 12.7. The minimum atomic E-state index is -0.989. The van der Waals surface area contributed by atoms with Gasteiger partial charge in [0.15, 0.2) is 10.8 Å². The molecule has 1 aromatic heterocycles. The van der Waals surface area contributed by atoms with Gasteiger partial charge in [0.2, 0.25) is 0 Å². The topological polar surface area (TPSA) is 62.2 Å². The zero-order chi connectivity index (χ0) is 13.3. The average molecular weight is 262 g/mol. The van der Waals surface area contributed by atoms with E-state index < -0.39 is 5.97 Å². The lowest BCUT2D eigenvalue weighted by molar-refractivity contribution is 0.0690. The van der Waals surface area contributed by atoms with Crippen LogP contribution >= 0.6 is 11.3 Å². The Balaban J connectivity index is 2.26. The fourth-order valence-electron chi connectivity index (χ4n) is 1.59. The van der Waals surface area contributed by atoms with E-state index >= 15 is 0 Å². The Hall–Kier alpha value is -1.88. The summed E-state index contributed by atoms with van der Waals surface area (Å²) in [6, 6.07) is 6.00. The van der Waals surface area contributed by atoms with E-state index in [0.717, 1.165) is 5.69 Å². The molecule has 0 amide bonds. The van der Waals surface area contributed by atoms with Gasteiger partial charge in [-0.15, -0.1) is 11.3 Å². The molecule has 2 aromatic rings. The molecule has 18 heavy (non-hydrogen) atoms. The first-order chi connectivity index (χ1) is 8.47. The van der Waals surface area contributed by atoms with Gasteiger partial charge < -0.3 is 10.4 Å². The van der Waals surface area contributed by atoms with Gasteiger partial charge in [-0.05, 0) is 44.0 Å². The highest BCUT2D eigenvalue weighted by Gasteiger charge is 2.13. The Morgan fingerprint density at radius 2 is 2.00 bits per heavy atom. The van der Waals surface area contributed by atoms with E-state index in [1.807, 2.05) is 25.1 Å². The third-order valence-electron chi connectivity index (χ3n) is 2.76. The molecule has 1 aromatic carbocycles. The lowest BCUT2D eigenvalue weighted by Crippen LogP contribution is -1.99. The minimum Gasteiger partial charge on any atom is -0.476 e. The third-order valence-corrected chi connectivity index (χ3v) is 3.64. The van der Waals surface area contributed by atoms with Crippen molar-refractivity contribution in [1.82, 2.24) is 4.98 Å². The van der Waals surface area contributed by atoms with Crippen molar-refractivity contribution in [3.05, 3.63) is 39.9 Å². The molecular formula is C13H14N2O2S. The van der Waals surface area contributed by atoms with Gasteiger partial charge in [0.25, 0.3) is 0 Å². The molecule has 4 nitrogen and oxygen atoms in total. The van der Waals surface area contributed by atoms with E-state index in [0.29, 0.717) is 10.0 Å². The number of benzene rings is 1. The van der Waals surface area contributed by atoms with Crippen molar-refractivity contribution in [3.63, 3.8) is 0 Å². The number of aromatic nitrogens is 1. The molecule has 0 bridgehead atoms. The van der Waals surface area contributed by atoms with Gasteiger partial charge in [0, 0.05) is 10.6 Å². The molecule has 0 fully saturated rings. The maximum absolute atomic E-state index is 10.9. The summed E-state index contributed by atoms with van der Waals surface area (Å²) >= 11 is 1.34.